The van der Waals surface area contributed by atoms with E-state index in [4.69, 9.17) is 17.3 Å². The molecule has 0 unspecified atom stereocenters. The Morgan fingerprint density at radius 3 is 2.38 bits per heavy atom. The standard InChI is InChI=1S/C10H12ClNO/c1-10(2,12)9(13)7-5-3-4-6-8(7)11/h3-6H,12H2,1-2H3. The second-order valence-corrected chi connectivity index (χ2v) is 3.94. The van der Waals surface area contributed by atoms with Gasteiger partial charge in [0.25, 0.3) is 0 Å². The minimum Gasteiger partial charge on any atom is -0.319 e. The molecular formula is C10H12ClNO. The maximum atomic E-state index is 11.7. The summed E-state index contributed by atoms with van der Waals surface area (Å²) in [5.41, 5.74) is 5.28. The molecule has 0 saturated carbocycles. The van der Waals surface area contributed by atoms with Crippen molar-refractivity contribution >= 4 is 17.4 Å². The fourth-order valence-electron chi connectivity index (χ4n) is 0.992. The predicted octanol–water partition coefficient (Wildman–Crippen LogP) is 2.26. The SMILES string of the molecule is CC(C)(N)C(=O)c1ccccc1Cl. The molecule has 0 aliphatic heterocycles. The molecule has 0 aliphatic rings. The number of ketones is 1. The van der Waals surface area contributed by atoms with Gasteiger partial charge in [0.2, 0.25) is 0 Å². The topological polar surface area (TPSA) is 43.1 Å². The zero-order valence-electron chi connectivity index (χ0n) is 7.67. The number of halogens is 1. The summed E-state index contributed by atoms with van der Waals surface area (Å²) in [7, 11) is 0. The Morgan fingerprint density at radius 2 is 1.92 bits per heavy atom. The van der Waals surface area contributed by atoms with Crippen LogP contribution in [0.5, 0.6) is 0 Å². The van der Waals surface area contributed by atoms with Crippen LogP contribution in [0.4, 0.5) is 0 Å². The number of Topliss-reactive ketones (excluding diaryl/α,β-unsaturated/α-hetero) is 1. The first-order chi connectivity index (χ1) is 5.93. The van der Waals surface area contributed by atoms with Crippen molar-refractivity contribution in [2.45, 2.75) is 19.4 Å². The summed E-state index contributed by atoms with van der Waals surface area (Å²) in [5, 5.41) is 0.450. The molecule has 0 bridgehead atoms. The highest BCUT2D eigenvalue weighted by Gasteiger charge is 2.24. The van der Waals surface area contributed by atoms with Gasteiger partial charge in [0.15, 0.2) is 5.78 Å². The van der Waals surface area contributed by atoms with Crippen LogP contribution >= 0.6 is 11.6 Å². The molecule has 0 saturated heterocycles. The van der Waals surface area contributed by atoms with Crippen LogP contribution in [0.25, 0.3) is 0 Å². The van der Waals surface area contributed by atoms with Crippen molar-refractivity contribution in [3.63, 3.8) is 0 Å². The van der Waals surface area contributed by atoms with E-state index in [0.29, 0.717) is 10.6 Å². The molecule has 1 rings (SSSR count). The lowest BCUT2D eigenvalue weighted by Crippen LogP contribution is -2.41. The van der Waals surface area contributed by atoms with E-state index in [1.807, 2.05) is 0 Å². The van der Waals surface area contributed by atoms with Crippen molar-refractivity contribution in [3.05, 3.63) is 34.9 Å². The van der Waals surface area contributed by atoms with E-state index < -0.39 is 5.54 Å². The molecule has 1 aromatic carbocycles. The fourth-order valence-corrected chi connectivity index (χ4v) is 1.21. The Bertz CT molecular complexity index is 328. The number of rotatable bonds is 2. The third-order valence-electron chi connectivity index (χ3n) is 1.70. The van der Waals surface area contributed by atoms with Gasteiger partial charge >= 0.3 is 0 Å². The van der Waals surface area contributed by atoms with E-state index >= 15 is 0 Å². The Kier molecular flexibility index (Phi) is 2.74. The first-order valence-corrected chi connectivity index (χ1v) is 4.39. The quantitative estimate of drug-likeness (QED) is 0.740. The number of hydrogen-bond acceptors (Lipinski definition) is 2. The summed E-state index contributed by atoms with van der Waals surface area (Å²) in [6.45, 7) is 3.33. The van der Waals surface area contributed by atoms with Gasteiger partial charge in [-0.2, -0.15) is 0 Å². The maximum absolute atomic E-state index is 11.7. The van der Waals surface area contributed by atoms with Gasteiger partial charge in [0.1, 0.15) is 0 Å². The van der Waals surface area contributed by atoms with E-state index in [9.17, 15) is 4.79 Å². The van der Waals surface area contributed by atoms with Gasteiger partial charge in [-0.05, 0) is 26.0 Å². The molecule has 2 N–H and O–H groups in total. The molecule has 0 spiro atoms. The van der Waals surface area contributed by atoms with Crippen LogP contribution in [-0.2, 0) is 0 Å². The molecule has 13 heavy (non-hydrogen) atoms. The summed E-state index contributed by atoms with van der Waals surface area (Å²) >= 11 is 5.85. The predicted molar refractivity (Wildman–Crippen MR) is 54.0 cm³/mol. The van der Waals surface area contributed by atoms with Crippen LogP contribution in [0, 0.1) is 0 Å². The van der Waals surface area contributed by atoms with Crippen LogP contribution < -0.4 is 5.73 Å². The Labute approximate surface area is 82.7 Å². The van der Waals surface area contributed by atoms with Crippen molar-refractivity contribution in [3.8, 4) is 0 Å². The summed E-state index contributed by atoms with van der Waals surface area (Å²) in [4.78, 5) is 11.7. The van der Waals surface area contributed by atoms with E-state index in [1.165, 1.54) is 0 Å². The fraction of sp³-hybridized carbons (Fsp3) is 0.300. The normalized spacial score (nSPS) is 11.4. The summed E-state index contributed by atoms with van der Waals surface area (Å²) in [5.74, 6) is -0.141. The van der Waals surface area contributed by atoms with E-state index in [-0.39, 0.29) is 5.78 Å². The molecule has 0 radical (unpaired) electrons. The van der Waals surface area contributed by atoms with E-state index in [1.54, 1.807) is 38.1 Å². The van der Waals surface area contributed by atoms with Crippen molar-refractivity contribution in [2.24, 2.45) is 5.73 Å². The minimum atomic E-state index is -0.870. The summed E-state index contributed by atoms with van der Waals surface area (Å²) in [6.07, 6.45) is 0. The van der Waals surface area contributed by atoms with Gasteiger partial charge in [-0.1, -0.05) is 23.7 Å². The van der Waals surface area contributed by atoms with E-state index in [2.05, 4.69) is 0 Å². The Hall–Kier alpha value is -0.860. The third-order valence-corrected chi connectivity index (χ3v) is 2.03. The van der Waals surface area contributed by atoms with Crippen LogP contribution in [0.3, 0.4) is 0 Å². The van der Waals surface area contributed by atoms with Gasteiger partial charge in [0.05, 0.1) is 10.6 Å². The summed E-state index contributed by atoms with van der Waals surface area (Å²) in [6, 6.07) is 6.91. The molecule has 1 aromatic rings. The van der Waals surface area contributed by atoms with Crippen molar-refractivity contribution in [1.82, 2.24) is 0 Å². The molecule has 0 amide bonds. The maximum Gasteiger partial charge on any atom is 0.183 e. The zero-order valence-corrected chi connectivity index (χ0v) is 8.43. The largest absolute Gasteiger partial charge is 0.319 e. The summed E-state index contributed by atoms with van der Waals surface area (Å²) < 4.78 is 0. The monoisotopic (exact) mass is 197 g/mol. The second-order valence-electron chi connectivity index (χ2n) is 3.53. The lowest BCUT2D eigenvalue weighted by Gasteiger charge is -2.17. The smallest absolute Gasteiger partial charge is 0.183 e. The van der Waals surface area contributed by atoms with Crippen LogP contribution in [0.2, 0.25) is 5.02 Å². The van der Waals surface area contributed by atoms with Gasteiger partial charge in [-0.3, -0.25) is 4.79 Å². The average Bonchev–Trinajstić information content (AvgIpc) is 2.02. The molecule has 2 nitrogen and oxygen atoms in total. The Morgan fingerprint density at radius 1 is 1.38 bits per heavy atom. The Balaban J connectivity index is 3.10. The average molecular weight is 198 g/mol. The van der Waals surface area contributed by atoms with Crippen LogP contribution in [0.15, 0.2) is 24.3 Å². The molecular weight excluding hydrogens is 186 g/mol. The van der Waals surface area contributed by atoms with Crippen molar-refractivity contribution < 1.29 is 4.79 Å². The molecule has 0 atom stereocenters. The highest BCUT2D eigenvalue weighted by molar-refractivity contribution is 6.34. The molecule has 70 valence electrons. The third kappa shape index (κ3) is 2.29. The van der Waals surface area contributed by atoms with Crippen LogP contribution in [-0.4, -0.2) is 11.3 Å². The van der Waals surface area contributed by atoms with Gasteiger partial charge in [-0.25, -0.2) is 0 Å². The molecule has 0 heterocycles. The second kappa shape index (κ2) is 3.48. The highest BCUT2D eigenvalue weighted by Crippen LogP contribution is 2.19. The van der Waals surface area contributed by atoms with E-state index in [0.717, 1.165) is 0 Å². The van der Waals surface area contributed by atoms with Crippen molar-refractivity contribution in [1.29, 1.82) is 0 Å². The number of benzene rings is 1. The molecule has 0 aliphatic carbocycles. The minimum absolute atomic E-state index is 0.141. The number of nitrogens with two attached hydrogens (primary N) is 1. The first kappa shape index (κ1) is 10.2. The van der Waals surface area contributed by atoms with Gasteiger partial charge < -0.3 is 5.73 Å². The molecule has 0 fully saturated rings. The number of hydrogen-bond donors (Lipinski definition) is 1. The molecule has 0 aromatic heterocycles. The highest BCUT2D eigenvalue weighted by atomic mass is 35.5. The lowest BCUT2D eigenvalue weighted by atomic mass is 9.94. The van der Waals surface area contributed by atoms with Crippen LogP contribution in [0.1, 0.15) is 24.2 Å². The number of carbonyl (C=O) groups excluding carboxylic acids is 1. The van der Waals surface area contributed by atoms with Gasteiger partial charge in [-0.15, -0.1) is 0 Å². The zero-order chi connectivity index (χ0) is 10.1. The number of carbonyl (C=O) groups is 1. The van der Waals surface area contributed by atoms with Gasteiger partial charge in [0, 0.05) is 5.56 Å². The lowest BCUT2D eigenvalue weighted by molar-refractivity contribution is 0.0914. The van der Waals surface area contributed by atoms with Crippen molar-refractivity contribution in [2.75, 3.05) is 0 Å². The molecule has 3 heteroatoms. The first-order valence-electron chi connectivity index (χ1n) is 4.01.